The monoisotopic (exact) mass is 475 g/mol. The highest BCUT2D eigenvalue weighted by Gasteiger charge is 2.21. The first-order chi connectivity index (χ1) is 17.1. The highest BCUT2D eigenvalue weighted by Crippen LogP contribution is 2.36. The molecule has 3 heterocycles. The van der Waals surface area contributed by atoms with E-state index in [0.29, 0.717) is 31.7 Å². The molecule has 7 heteroatoms. The van der Waals surface area contributed by atoms with Crippen LogP contribution in [0.15, 0.2) is 60.4 Å². The Balaban J connectivity index is 0.000000514. The van der Waals surface area contributed by atoms with Gasteiger partial charge in [-0.2, -0.15) is 0 Å². The zero-order chi connectivity index (χ0) is 24.6. The summed E-state index contributed by atoms with van der Waals surface area (Å²) in [5.74, 6) is 0.881. The van der Waals surface area contributed by atoms with E-state index < -0.39 is 5.97 Å². The van der Waals surface area contributed by atoms with E-state index in [2.05, 4.69) is 22.0 Å². The number of fused-ring (bicyclic) bond motifs is 1. The molecule has 2 aliphatic heterocycles. The maximum atomic E-state index is 11.8. The third-order valence-corrected chi connectivity index (χ3v) is 6.20. The maximum absolute atomic E-state index is 11.8. The molecule has 0 radical (unpaired) electrons. The largest absolute Gasteiger partial charge is 0.493 e. The van der Waals surface area contributed by atoms with Gasteiger partial charge in [-0.3, -0.25) is 0 Å². The van der Waals surface area contributed by atoms with Crippen molar-refractivity contribution in [2.24, 2.45) is 7.05 Å². The standard InChI is InChI=1S/C24H25N3O3.C4H8O/c1-3-30-22-7-5-4-6-20(22)17-8-9-21-19(14-17)15-18(24(28)29)10-12-27(21)16-23-25-11-13-26(23)2;1-2-4-5-3-1/h4-9,11,13-15H,3,10,12,16H2,1-2H3,(H,28,29);1-4H2. The molecule has 0 amide bonds. The number of hydrogen-bond acceptors (Lipinski definition) is 5. The summed E-state index contributed by atoms with van der Waals surface area (Å²) in [7, 11) is 1.97. The Hall–Kier alpha value is -3.58. The Morgan fingerprint density at radius 2 is 1.97 bits per heavy atom. The van der Waals surface area contributed by atoms with E-state index in [4.69, 9.17) is 9.47 Å². The molecule has 0 aliphatic carbocycles. The molecule has 184 valence electrons. The molecule has 0 bridgehead atoms. The van der Waals surface area contributed by atoms with Crippen LogP contribution in [0, 0.1) is 0 Å². The lowest BCUT2D eigenvalue weighted by molar-refractivity contribution is -0.132. The van der Waals surface area contributed by atoms with Gasteiger partial charge in [-0.05, 0) is 61.6 Å². The Bertz CT molecular complexity index is 1170. The second kappa shape index (κ2) is 11.7. The van der Waals surface area contributed by atoms with Gasteiger partial charge in [-0.1, -0.05) is 24.3 Å². The number of carbonyl (C=O) groups is 1. The third kappa shape index (κ3) is 6.11. The minimum atomic E-state index is -0.875. The number of ether oxygens (including phenoxy) is 2. The summed E-state index contributed by atoms with van der Waals surface area (Å²) in [5, 5.41) is 9.65. The van der Waals surface area contributed by atoms with E-state index in [1.54, 1.807) is 12.3 Å². The van der Waals surface area contributed by atoms with Crippen LogP contribution >= 0.6 is 0 Å². The van der Waals surface area contributed by atoms with E-state index in [9.17, 15) is 9.90 Å². The van der Waals surface area contributed by atoms with Crippen molar-refractivity contribution in [3.63, 3.8) is 0 Å². The van der Waals surface area contributed by atoms with Crippen LogP contribution in [-0.4, -0.2) is 47.0 Å². The first kappa shape index (κ1) is 24.5. The number of rotatable bonds is 6. The molecule has 7 nitrogen and oxygen atoms in total. The lowest BCUT2D eigenvalue weighted by Crippen LogP contribution is -2.26. The Morgan fingerprint density at radius 1 is 1.17 bits per heavy atom. The summed E-state index contributed by atoms with van der Waals surface area (Å²) < 4.78 is 12.7. The van der Waals surface area contributed by atoms with Crippen molar-refractivity contribution in [1.29, 1.82) is 0 Å². The number of imidazole rings is 1. The number of nitrogens with zero attached hydrogens (tertiary/aromatic N) is 3. The van der Waals surface area contributed by atoms with Crippen molar-refractivity contribution in [2.75, 3.05) is 31.3 Å². The zero-order valence-electron chi connectivity index (χ0n) is 20.4. The Labute approximate surface area is 206 Å². The summed E-state index contributed by atoms with van der Waals surface area (Å²) in [4.78, 5) is 18.4. The van der Waals surface area contributed by atoms with Crippen molar-refractivity contribution in [1.82, 2.24) is 9.55 Å². The van der Waals surface area contributed by atoms with Crippen LogP contribution in [0.5, 0.6) is 5.75 Å². The summed E-state index contributed by atoms with van der Waals surface area (Å²) in [6, 6.07) is 14.1. The van der Waals surface area contributed by atoms with Crippen molar-refractivity contribution in [3.8, 4) is 16.9 Å². The summed E-state index contributed by atoms with van der Waals surface area (Å²) >= 11 is 0. The quantitative estimate of drug-likeness (QED) is 0.531. The average molecular weight is 476 g/mol. The van der Waals surface area contributed by atoms with Gasteiger partial charge in [0.25, 0.3) is 0 Å². The average Bonchev–Trinajstić information content (AvgIpc) is 3.53. The van der Waals surface area contributed by atoms with Crippen LogP contribution in [0.2, 0.25) is 0 Å². The van der Waals surface area contributed by atoms with E-state index in [1.807, 2.05) is 55.1 Å². The van der Waals surface area contributed by atoms with Gasteiger partial charge in [0.15, 0.2) is 0 Å². The van der Waals surface area contributed by atoms with E-state index >= 15 is 0 Å². The van der Waals surface area contributed by atoms with Crippen molar-refractivity contribution in [3.05, 3.63) is 71.8 Å². The fourth-order valence-electron chi connectivity index (χ4n) is 4.31. The van der Waals surface area contributed by atoms with Gasteiger partial charge in [-0.25, -0.2) is 9.78 Å². The van der Waals surface area contributed by atoms with Crippen molar-refractivity contribution < 1.29 is 19.4 Å². The minimum absolute atomic E-state index is 0.411. The van der Waals surface area contributed by atoms with Crippen molar-refractivity contribution in [2.45, 2.75) is 32.7 Å². The molecule has 2 aliphatic rings. The second-order valence-electron chi connectivity index (χ2n) is 8.62. The van der Waals surface area contributed by atoms with Crippen molar-refractivity contribution >= 4 is 17.7 Å². The molecule has 1 N–H and O–H groups in total. The Kier molecular flexibility index (Phi) is 8.21. The molecule has 0 atom stereocenters. The topological polar surface area (TPSA) is 76.8 Å². The number of anilines is 1. The van der Waals surface area contributed by atoms with Gasteiger partial charge < -0.3 is 24.0 Å². The van der Waals surface area contributed by atoms with Gasteiger partial charge in [0.2, 0.25) is 0 Å². The van der Waals surface area contributed by atoms with E-state index in [1.165, 1.54) is 12.8 Å². The van der Waals surface area contributed by atoms with E-state index in [-0.39, 0.29) is 0 Å². The van der Waals surface area contributed by atoms with Gasteiger partial charge in [0.05, 0.1) is 13.2 Å². The number of aliphatic carboxylic acids is 1. The predicted molar refractivity (Wildman–Crippen MR) is 138 cm³/mol. The lowest BCUT2D eigenvalue weighted by Gasteiger charge is -2.25. The molecule has 1 aromatic heterocycles. The van der Waals surface area contributed by atoms with Crippen LogP contribution in [0.4, 0.5) is 5.69 Å². The molecule has 0 saturated carbocycles. The number of carboxylic acids is 1. The van der Waals surface area contributed by atoms with Gasteiger partial charge in [0.1, 0.15) is 11.6 Å². The van der Waals surface area contributed by atoms with Crippen LogP contribution < -0.4 is 9.64 Å². The van der Waals surface area contributed by atoms with E-state index in [0.717, 1.165) is 47.2 Å². The molecule has 5 rings (SSSR count). The molecule has 2 aromatic carbocycles. The molecule has 3 aromatic rings. The maximum Gasteiger partial charge on any atom is 0.331 e. The van der Waals surface area contributed by atoms with Crippen LogP contribution in [0.3, 0.4) is 0 Å². The second-order valence-corrected chi connectivity index (χ2v) is 8.62. The number of aryl methyl sites for hydroxylation is 1. The Morgan fingerprint density at radius 3 is 2.63 bits per heavy atom. The number of hydrogen-bond donors (Lipinski definition) is 1. The molecule has 0 unspecified atom stereocenters. The fraction of sp³-hybridized carbons (Fsp3) is 0.357. The number of para-hydroxylation sites is 1. The molecule has 35 heavy (non-hydrogen) atoms. The molecule has 1 fully saturated rings. The molecule has 1 saturated heterocycles. The zero-order valence-corrected chi connectivity index (χ0v) is 20.4. The summed E-state index contributed by atoms with van der Waals surface area (Å²) in [6.45, 7) is 5.78. The lowest BCUT2D eigenvalue weighted by atomic mass is 9.99. The summed E-state index contributed by atoms with van der Waals surface area (Å²) in [6.07, 6.45) is 8.52. The van der Waals surface area contributed by atoms with Crippen LogP contribution in [0.25, 0.3) is 17.2 Å². The molecular formula is C28H33N3O4. The van der Waals surface area contributed by atoms with Crippen LogP contribution in [-0.2, 0) is 23.1 Å². The predicted octanol–water partition coefficient (Wildman–Crippen LogP) is 5.16. The third-order valence-electron chi connectivity index (χ3n) is 6.20. The van der Waals surface area contributed by atoms with Gasteiger partial charge >= 0.3 is 5.97 Å². The first-order valence-electron chi connectivity index (χ1n) is 12.2. The minimum Gasteiger partial charge on any atom is -0.493 e. The number of benzene rings is 2. The molecular weight excluding hydrogens is 442 g/mol. The number of aromatic nitrogens is 2. The van der Waals surface area contributed by atoms with Crippen LogP contribution in [0.1, 0.15) is 37.6 Å². The SMILES string of the molecule is C1CCOC1.CCOc1ccccc1-c1ccc2c(c1)C=C(C(=O)O)CCN2Cc1nccn1C. The highest BCUT2D eigenvalue weighted by molar-refractivity contribution is 5.94. The van der Waals surface area contributed by atoms with Gasteiger partial charge in [-0.15, -0.1) is 0 Å². The first-order valence-corrected chi connectivity index (χ1v) is 12.2. The molecule has 0 spiro atoms. The smallest absolute Gasteiger partial charge is 0.331 e. The normalized spacial score (nSPS) is 14.9. The summed E-state index contributed by atoms with van der Waals surface area (Å²) in [5.41, 5.74) is 4.30. The van der Waals surface area contributed by atoms with Gasteiger partial charge in [0, 0.05) is 56.0 Å². The number of carboxylic acid groups (broad SMARTS) is 1. The highest BCUT2D eigenvalue weighted by atomic mass is 16.5. The fourth-order valence-corrected chi connectivity index (χ4v) is 4.31.